The smallest absolute Gasteiger partial charge is 0.310 e. The van der Waals surface area contributed by atoms with Crippen LogP contribution in [0.3, 0.4) is 0 Å². The van der Waals surface area contributed by atoms with Crippen LogP contribution in [-0.4, -0.2) is 112 Å². The molecule has 0 aliphatic carbocycles. The third-order valence-electron chi connectivity index (χ3n) is 11.4. The first-order valence-electron chi connectivity index (χ1n) is 22.6. The lowest BCUT2D eigenvalue weighted by molar-refractivity contribution is -0.374. The van der Waals surface area contributed by atoms with E-state index in [1.165, 1.54) is 21.0 Å². The van der Waals surface area contributed by atoms with Gasteiger partial charge in [-0.1, -0.05) is 122 Å². The summed E-state index contributed by atoms with van der Waals surface area (Å²) in [7, 11) is 1.40. The second kappa shape index (κ2) is 25.0. The summed E-state index contributed by atoms with van der Waals surface area (Å²) in [5.41, 5.74) is 2.97. The van der Waals surface area contributed by atoms with Gasteiger partial charge in [-0.2, -0.15) is 0 Å². The third kappa shape index (κ3) is 13.7. The summed E-state index contributed by atoms with van der Waals surface area (Å²) in [4.78, 5) is 52.4. The van der Waals surface area contributed by atoms with Crippen molar-refractivity contribution in [2.45, 2.75) is 114 Å². The van der Waals surface area contributed by atoms with Gasteiger partial charge >= 0.3 is 17.9 Å². The molecule has 0 saturated carbocycles. The Morgan fingerprint density at radius 3 is 1.93 bits per heavy atom. The van der Waals surface area contributed by atoms with Crippen molar-refractivity contribution in [3.8, 4) is 5.75 Å². The molecule has 0 radical (unpaired) electrons. The number of ketones is 1. The van der Waals surface area contributed by atoms with Gasteiger partial charge in [0.25, 0.3) is 0 Å². The number of Topliss-reactive ketones (excluding diaryl/α,β-unsaturated/α-hetero) is 1. The quantitative estimate of drug-likeness (QED) is 0.0485. The van der Waals surface area contributed by atoms with Gasteiger partial charge in [-0.15, -0.1) is 0 Å². The Morgan fingerprint density at radius 2 is 1.28 bits per heavy atom. The average molecular weight is 939 g/mol. The van der Waals surface area contributed by atoms with E-state index < -0.39 is 92.2 Å². The number of carbonyl (C=O) groups is 4. The van der Waals surface area contributed by atoms with Gasteiger partial charge in [0.05, 0.1) is 39.3 Å². The second-order valence-electron chi connectivity index (χ2n) is 16.4. The number of para-hydroxylation sites is 1. The van der Waals surface area contributed by atoms with Crippen molar-refractivity contribution in [3.63, 3.8) is 0 Å². The summed E-state index contributed by atoms with van der Waals surface area (Å²) in [6.07, 6.45) is -11.2. The highest BCUT2D eigenvalue weighted by Crippen LogP contribution is 2.38. The van der Waals surface area contributed by atoms with Crippen LogP contribution in [0, 0.1) is 0 Å². The molecule has 16 heteroatoms. The van der Waals surface area contributed by atoms with Crippen molar-refractivity contribution >= 4 is 23.7 Å². The first kappa shape index (κ1) is 50.1. The van der Waals surface area contributed by atoms with Crippen LogP contribution >= 0.6 is 0 Å². The van der Waals surface area contributed by atoms with E-state index in [2.05, 4.69) is 6.58 Å². The molecule has 0 N–H and O–H groups in total. The van der Waals surface area contributed by atoms with Crippen LogP contribution in [-0.2, 0) is 90.9 Å². The zero-order valence-corrected chi connectivity index (χ0v) is 38.3. The highest BCUT2D eigenvalue weighted by Gasteiger charge is 2.55. The van der Waals surface area contributed by atoms with E-state index in [0.717, 1.165) is 16.7 Å². The summed E-state index contributed by atoms with van der Waals surface area (Å²) in [5.74, 6) is -1.85. The number of methoxy groups -OCH3 is 1. The molecule has 3 heterocycles. The molecule has 3 fully saturated rings. The van der Waals surface area contributed by atoms with E-state index in [9.17, 15) is 19.2 Å². The highest BCUT2D eigenvalue weighted by molar-refractivity contribution is 5.81. The van der Waals surface area contributed by atoms with Gasteiger partial charge in [0, 0.05) is 31.6 Å². The normalized spacial score (nSPS) is 26.7. The summed E-state index contributed by atoms with van der Waals surface area (Å²) in [5, 5.41) is 0. The summed E-state index contributed by atoms with van der Waals surface area (Å²) in [6.45, 7) is 6.33. The highest BCUT2D eigenvalue weighted by atomic mass is 16.8. The van der Waals surface area contributed by atoms with E-state index >= 15 is 0 Å². The van der Waals surface area contributed by atoms with Crippen molar-refractivity contribution in [2.24, 2.45) is 0 Å². The van der Waals surface area contributed by atoms with Crippen molar-refractivity contribution in [2.75, 3.05) is 26.9 Å². The molecule has 11 atom stereocenters. The maximum atomic E-state index is 14.2. The number of ether oxygens (including phenoxy) is 12. The first-order chi connectivity index (χ1) is 33.1. The second-order valence-corrected chi connectivity index (χ2v) is 16.4. The summed E-state index contributed by atoms with van der Waals surface area (Å²) < 4.78 is 75.4. The van der Waals surface area contributed by atoms with Crippen molar-refractivity contribution in [1.29, 1.82) is 0 Å². The minimum atomic E-state index is -1.37. The molecule has 3 saturated heterocycles. The largest absolute Gasteiger partial charge is 0.489 e. The van der Waals surface area contributed by atoms with E-state index in [0.29, 0.717) is 11.3 Å². The number of rotatable bonds is 22. The SMILES string of the molecule is C=CCOc1ccccc1CC(=O)O[C@H]1[C@H](OC[C@H]2O[C@H](OC)[C@H](OCc3ccccc3)[C@@H](OC(C)=O)[C@@H]2OC(=O)CCC(C)=O)O[C@@H]2CO[C@H](c3ccccc3)O[C@@H]2[C@@H]1OCc1ccccc1. The Morgan fingerprint density at radius 1 is 0.647 bits per heavy atom. The summed E-state index contributed by atoms with van der Waals surface area (Å²) >= 11 is 0. The number of fused-ring (bicyclic) bond motifs is 1. The molecule has 16 nitrogen and oxygen atoms in total. The van der Waals surface area contributed by atoms with Gasteiger partial charge in [0.15, 0.2) is 37.2 Å². The van der Waals surface area contributed by atoms with E-state index in [-0.39, 0.29) is 51.5 Å². The van der Waals surface area contributed by atoms with Crippen LogP contribution < -0.4 is 4.74 Å². The van der Waals surface area contributed by atoms with Gasteiger partial charge < -0.3 is 61.6 Å². The van der Waals surface area contributed by atoms with Crippen LogP contribution in [0.5, 0.6) is 5.75 Å². The number of benzene rings is 4. The maximum absolute atomic E-state index is 14.2. The van der Waals surface area contributed by atoms with E-state index in [4.69, 9.17) is 56.8 Å². The standard InChI is InChI=1S/C52H58O16/c1-5-27-58-39-24-16-15-23-38(39)28-43(56)67-49-46(59-29-35-17-9-6-10-18-35)44-40(31-61-50(68-44)37-21-13-8-14-22-37)65-52(49)62-32-41-45(66-42(55)26-25-33(2)53)47(63-34(3)54)48(51(57-4)64-41)60-30-36-19-11-7-12-20-36/h5-24,40-41,44-52H,1,25-32H2,2-4H3/t40-,41-,44+,45-,46+,47+,48-,49-,50+,51+,52-/m1/s1. The van der Waals surface area contributed by atoms with Crippen LogP contribution in [0.2, 0.25) is 0 Å². The molecule has 4 aromatic rings. The van der Waals surface area contributed by atoms with Gasteiger partial charge in [-0.3, -0.25) is 14.4 Å². The first-order valence-corrected chi connectivity index (χ1v) is 22.6. The van der Waals surface area contributed by atoms with Gasteiger partial charge in [0.1, 0.15) is 48.7 Å². The minimum Gasteiger partial charge on any atom is -0.489 e. The Kier molecular flexibility index (Phi) is 18.4. The number of esters is 3. The maximum Gasteiger partial charge on any atom is 0.310 e. The Hall–Kier alpha value is -5.82. The third-order valence-corrected chi connectivity index (χ3v) is 11.4. The molecule has 3 aliphatic rings. The molecule has 0 bridgehead atoms. The average Bonchev–Trinajstić information content (AvgIpc) is 3.35. The molecule has 68 heavy (non-hydrogen) atoms. The number of carbonyl (C=O) groups excluding carboxylic acids is 4. The van der Waals surface area contributed by atoms with Gasteiger partial charge in [0.2, 0.25) is 0 Å². The van der Waals surface area contributed by atoms with Gasteiger partial charge in [-0.05, 0) is 24.1 Å². The lowest BCUT2D eigenvalue weighted by atomic mass is 9.96. The predicted molar refractivity (Wildman–Crippen MR) is 241 cm³/mol. The Balaban J connectivity index is 1.21. The fourth-order valence-electron chi connectivity index (χ4n) is 8.12. The number of hydrogen-bond donors (Lipinski definition) is 0. The van der Waals surface area contributed by atoms with E-state index in [1.807, 2.05) is 91.0 Å². The topological polar surface area (TPSA) is 179 Å². The summed E-state index contributed by atoms with van der Waals surface area (Å²) in [6, 6.07) is 35.2. The Labute approximate surface area is 395 Å². The molecular formula is C52H58O16. The molecular weight excluding hydrogens is 881 g/mol. The van der Waals surface area contributed by atoms with Crippen molar-refractivity contribution < 1.29 is 76.0 Å². The zero-order valence-electron chi connectivity index (χ0n) is 38.3. The predicted octanol–water partition coefficient (Wildman–Crippen LogP) is 6.32. The molecule has 0 unspecified atom stereocenters. The van der Waals surface area contributed by atoms with Crippen LogP contribution in [0.25, 0.3) is 0 Å². The molecule has 0 amide bonds. The molecule has 0 spiro atoms. The molecule has 3 aliphatic heterocycles. The zero-order chi connectivity index (χ0) is 47.8. The number of hydrogen-bond acceptors (Lipinski definition) is 16. The fourth-order valence-corrected chi connectivity index (χ4v) is 8.12. The van der Waals surface area contributed by atoms with Crippen LogP contribution in [0.1, 0.15) is 55.2 Å². The van der Waals surface area contributed by atoms with Crippen LogP contribution in [0.15, 0.2) is 128 Å². The molecule has 362 valence electrons. The van der Waals surface area contributed by atoms with Crippen molar-refractivity contribution in [1.82, 2.24) is 0 Å². The fraction of sp³-hybridized carbons (Fsp3) is 0.423. The lowest BCUT2D eigenvalue weighted by Gasteiger charge is -2.49. The monoisotopic (exact) mass is 938 g/mol. The molecule has 7 rings (SSSR count). The van der Waals surface area contributed by atoms with E-state index in [1.54, 1.807) is 30.3 Å². The van der Waals surface area contributed by atoms with Gasteiger partial charge in [-0.25, -0.2) is 0 Å². The van der Waals surface area contributed by atoms with Crippen LogP contribution in [0.4, 0.5) is 0 Å². The van der Waals surface area contributed by atoms with Crippen molar-refractivity contribution in [3.05, 3.63) is 150 Å². The minimum absolute atomic E-state index is 0.0427. The Bertz CT molecular complexity index is 2240. The lowest BCUT2D eigenvalue weighted by Crippen LogP contribution is -2.65. The molecule has 4 aromatic carbocycles. The molecule has 0 aromatic heterocycles.